The first kappa shape index (κ1) is 12.8. The van der Waals surface area contributed by atoms with Crippen molar-refractivity contribution in [1.29, 1.82) is 0 Å². The number of hydrogen-bond acceptors (Lipinski definition) is 4. The summed E-state index contributed by atoms with van der Waals surface area (Å²) in [4.78, 5) is 20.0. The Morgan fingerprint density at radius 3 is 2.65 bits per heavy atom. The zero-order valence-electron chi connectivity index (χ0n) is 9.92. The number of aromatic nitrogens is 4. The first-order valence-corrected chi connectivity index (χ1v) is 6.32. The summed E-state index contributed by atoms with van der Waals surface area (Å²) in [6, 6.07) is 6.44. The Kier molecular flexibility index (Phi) is 3.25. The molecule has 0 saturated heterocycles. The molecule has 0 spiro atoms. The Bertz CT molecular complexity index is 748. The highest BCUT2D eigenvalue weighted by Gasteiger charge is 2.13. The van der Waals surface area contributed by atoms with Crippen molar-refractivity contribution in [3.05, 3.63) is 52.5 Å². The van der Waals surface area contributed by atoms with E-state index < -0.39 is 5.91 Å². The van der Waals surface area contributed by atoms with Gasteiger partial charge in [-0.05, 0) is 24.3 Å². The fraction of sp³-hybridized carbons (Fsp3) is 0. The number of fused-ring (bicyclic) bond motifs is 1. The highest BCUT2D eigenvalue weighted by Crippen LogP contribution is 2.22. The van der Waals surface area contributed by atoms with Crippen molar-refractivity contribution in [3.8, 4) is 0 Å². The number of nitrogens with zero attached hydrogens (tertiary/aromatic N) is 4. The van der Waals surface area contributed by atoms with Crippen LogP contribution in [0.25, 0.3) is 5.78 Å². The SMILES string of the molecule is O=C(Nc1cc(Cl)cc(Cl)c1)c1nc2ncccn2n1. The van der Waals surface area contributed by atoms with E-state index in [4.69, 9.17) is 23.2 Å². The molecule has 0 aliphatic rings. The van der Waals surface area contributed by atoms with Gasteiger partial charge in [-0.15, -0.1) is 5.10 Å². The van der Waals surface area contributed by atoms with Crippen molar-refractivity contribution in [2.45, 2.75) is 0 Å². The largest absolute Gasteiger partial charge is 0.319 e. The Hall–Kier alpha value is -2.18. The van der Waals surface area contributed by atoms with Gasteiger partial charge in [-0.2, -0.15) is 4.98 Å². The summed E-state index contributed by atoms with van der Waals surface area (Å²) in [6.07, 6.45) is 3.23. The van der Waals surface area contributed by atoms with Gasteiger partial charge in [0.15, 0.2) is 0 Å². The Balaban J connectivity index is 1.88. The van der Waals surface area contributed by atoms with E-state index in [9.17, 15) is 4.79 Å². The number of carbonyl (C=O) groups is 1. The Morgan fingerprint density at radius 2 is 1.95 bits per heavy atom. The van der Waals surface area contributed by atoms with Gasteiger partial charge >= 0.3 is 0 Å². The second kappa shape index (κ2) is 5.07. The van der Waals surface area contributed by atoms with Crippen LogP contribution in [0.5, 0.6) is 0 Å². The van der Waals surface area contributed by atoms with E-state index in [1.165, 1.54) is 4.52 Å². The maximum Gasteiger partial charge on any atom is 0.295 e. The molecule has 2 heterocycles. The van der Waals surface area contributed by atoms with E-state index in [2.05, 4.69) is 20.4 Å². The predicted octanol–water partition coefficient (Wildman–Crippen LogP) is 2.68. The maximum absolute atomic E-state index is 12.0. The lowest BCUT2D eigenvalue weighted by atomic mass is 10.3. The second-order valence-electron chi connectivity index (χ2n) is 3.91. The van der Waals surface area contributed by atoms with Crippen LogP contribution in [0.4, 0.5) is 5.69 Å². The van der Waals surface area contributed by atoms with Gasteiger partial charge < -0.3 is 5.32 Å². The van der Waals surface area contributed by atoms with Crippen LogP contribution in [0.3, 0.4) is 0 Å². The number of halogens is 2. The summed E-state index contributed by atoms with van der Waals surface area (Å²) in [6.45, 7) is 0. The van der Waals surface area contributed by atoms with Crippen molar-refractivity contribution in [2.24, 2.45) is 0 Å². The van der Waals surface area contributed by atoms with Crippen molar-refractivity contribution in [1.82, 2.24) is 19.6 Å². The monoisotopic (exact) mass is 307 g/mol. The number of nitrogens with one attached hydrogen (secondary N) is 1. The maximum atomic E-state index is 12.0. The number of carbonyl (C=O) groups excluding carboxylic acids is 1. The molecule has 0 radical (unpaired) electrons. The summed E-state index contributed by atoms with van der Waals surface area (Å²) in [7, 11) is 0. The highest BCUT2D eigenvalue weighted by atomic mass is 35.5. The van der Waals surface area contributed by atoms with E-state index in [-0.39, 0.29) is 5.82 Å². The lowest BCUT2D eigenvalue weighted by Gasteiger charge is -2.03. The van der Waals surface area contributed by atoms with Crippen molar-refractivity contribution in [2.75, 3.05) is 5.32 Å². The quantitative estimate of drug-likeness (QED) is 0.790. The van der Waals surface area contributed by atoms with Gasteiger partial charge in [-0.25, -0.2) is 9.50 Å². The van der Waals surface area contributed by atoms with Crippen molar-refractivity contribution < 1.29 is 4.79 Å². The van der Waals surface area contributed by atoms with Gasteiger partial charge in [0.25, 0.3) is 11.7 Å². The molecule has 0 fully saturated rings. The fourth-order valence-corrected chi connectivity index (χ4v) is 2.17. The van der Waals surface area contributed by atoms with Gasteiger partial charge in [0.2, 0.25) is 5.82 Å². The average molecular weight is 308 g/mol. The van der Waals surface area contributed by atoms with Crippen LogP contribution in [0.2, 0.25) is 10.0 Å². The van der Waals surface area contributed by atoms with Crippen molar-refractivity contribution >= 4 is 40.6 Å². The molecule has 0 bridgehead atoms. The molecule has 0 aliphatic heterocycles. The molecule has 1 N–H and O–H groups in total. The molecular weight excluding hydrogens is 301 g/mol. The van der Waals surface area contributed by atoms with E-state index in [0.29, 0.717) is 21.5 Å². The molecule has 1 amide bonds. The summed E-state index contributed by atoms with van der Waals surface area (Å²) in [5, 5.41) is 7.50. The standard InChI is InChI=1S/C12H7Cl2N5O/c13-7-4-8(14)6-9(5-7)16-11(20)10-17-12-15-2-1-3-19(12)18-10/h1-6H,(H,16,20). The minimum atomic E-state index is -0.464. The van der Waals surface area contributed by atoms with Crippen LogP contribution >= 0.6 is 23.2 Å². The Morgan fingerprint density at radius 1 is 1.20 bits per heavy atom. The number of rotatable bonds is 2. The van der Waals surface area contributed by atoms with E-state index in [0.717, 1.165) is 0 Å². The summed E-state index contributed by atoms with van der Waals surface area (Å²) >= 11 is 11.7. The fourth-order valence-electron chi connectivity index (χ4n) is 1.64. The average Bonchev–Trinajstić information content (AvgIpc) is 2.81. The van der Waals surface area contributed by atoms with Crippen LogP contribution in [-0.4, -0.2) is 25.5 Å². The third-order valence-corrected chi connectivity index (χ3v) is 2.88. The molecule has 2 aromatic heterocycles. The molecule has 0 unspecified atom stereocenters. The van der Waals surface area contributed by atoms with Gasteiger partial charge in [-0.3, -0.25) is 4.79 Å². The molecule has 3 aromatic rings. The van der Waals surface area contributed by atoms with E-state index >= 15 is 0 Å². The highest BCUT2D eigenvalue weighted by molar-refractivity contribution is 6.35. The number of hydrogen-bond donors (Lipinski definition) is 1. The molecule has 0 aliphatic carbocycles. The predicted molar refractivity (Wildman–Crippen MR) is 75.2 cm³/mol. The first-order valence-electron chi connectivity index (χ1n) is 5.57. The van der Waals surface area contributed by atoms with Gasteiger partial charge in [0.05, 0.1) is 0 Å². The van der Waals surface area contributed by atoms with Gasteiger partial charge in [0, 0.05) is 28.1 Å². The summed E-state index contributed by atoms with van der Waals surface area (Å²) in [5.41, 5.74) is 0.472. The van der Waals surface area contributed by atoms with Gasteiger partial charge in [0.1, 0.15) is 0 Å². The Labute approximate surface area is 123 Å². The molecule has 3 rings (SSSR count). The smallest absolute Gasteiger partial charge is 0.295 e. The lowest BCUT2D eigenvalue weighted by molar-refractivity contribution is 0.101. The minimum Gasteiger partial charge on any atom is -0.319 e. The van der Waals surface area contributed by atoms with Crippen LogP contribution in [0.15, 0.2) is 36.7 Å². The molecule has 0 saturated carbocycles. The van der Waals surface area contributed by atoms with Crippen LogP contribution < -0.4 is 5.32 Å². The topological polar surface area (TPSA) is 72.2 Å². The molecular formula is C12H7Cl2N5O. The third kappa shape index (κ3) is 2.56. The second-order valence-corrected chi connectivity index (χ2v) is 4.78. The van der Waals surface area contributed by atoms with Crippen LogP contribution in [-0.2, 0) is 0 Å². The van der Waals surface area contributed by atoms with Gasteiger partial charge in [-0.1, -0.05) is 23.2 Å². The first-order chi connectivity index (χ1) is 9.61. The number of amides is 1. The van der Waals surface area contributed by atoms with Crippen LogP contribution in [0, 0.1) is 0 Å². The molecule has 100 valence electrons. The summed E-state index contributed by atoms with van der Waals surface area (Å²) < 4.78 is 1.42. The minimum absolute atomic E-state index is 0.0137. The zero-order chi connectivity index (χ0) is 14.1. The van der Waals surface area contributed by atoms with Crippen LogP contribution in [0.1, 0.15) is 10.6 Å². The zero-order valence-corrected chi connectivity index (χ0v) is 11.4. The number of anilines is 1. The molecule has 1 aromatic carbocycles. The number of benzene rings is 1. The third-order valence-electron chi connectivity index (χ3n) is 2.44. The van der Waals surface area contributed by atoms with E-state index in [1.54, 1.807) is 36.7 Å². The molecule has 0 atom stereocenters. The van der Waals surface area contributed by atoms with E-state index in [1.807, 2.05) is 0 Å². The van der Waals surface area contributed by atoms with Crippen molar-refractivity contribution in [3.63, 3.8) is 0 Å². The lowest BCUT2D eigenvalue weighted by Crippen LogP contribution is -2.13. The molecule has 8 heteroatoms. The molecule has 6 nitrogen and oxygen atoms in total. The normalized spacial score (nSPS) is 10.7. The summed E-state index contributed by atoms with van der Waals surface area (Å²) in [5.74, 6) is -0.101. The molecule has 20 heavy (non-hydrogen) atoms.